The molecule has 0 aliphatic rings. The van der Waals surface area contributed by atoms with E-state index in [2.05, 4.69) is 31.9 Å². The summed E-state index contributed by atoms with van der Waals surface area (Å²) in [7, 11) is 0. The van der Waals surface area contributed by atoms with Crippen LogP contribution >= 0.6 is 15.9 Å². The van der Waals surface area contributed by atoms with E-state index in [1.54, 1.807) is 24.3 Å². The van der Waals surface area contributed by atoms with Gasteiger partial charge in [-0.3, -0.25) is 4.79 Å². The first-order chi connectivity index (χ1) is 17.6. The molecule has 7 heteroatoms. The summed E-state index contributed by atoms with van der Waals surface area (Å²) in [5.41, 5.74) is 2.98. The molecule has 0 spiro atoms. The van der Waals surface area contributed by atoms with E-state index in [1.165, 1.54) is 0 Å². The van der Waals surface area contributed by atoms with E-state index in [0.717, 1.165) is 21.4 Å². The lowest BCUT2D eigenvalue weighted by Crippen LogP contribution is -2.30. The summed E-state index contributed by atoms with van der Waals surface area (Å²) in [5, 5.41) is 8.57. The molecule has 182 valence electrons. The van der Waals surface area contributed by atoms with Crippen LogP contribution in [0.3, 0.4) is 0 Å². The molecule has 0 heterocycles. The number of carbonyl (C=O) groups excluding carboxylic acids is 2. The lowest BCUT2D eigenvalue weighted by Gasteiger charge is -2.20. The number of benzene rings is 4. The molecule has 1 atom stereocenters. The van der Waals surface area contributed by atoms with Gasteiger partial charge >= 0.3 is 6.03 Å². The van der Waals surface area contributed by atoms with Crippen molar-refractivity contribution in [2.45, 2.75) is 12.5 Å². The van der Waals surface area contributed by atoms with E-state index in [4.69, 9.17) is 4.74 Å². The zero-order chi connectivity index (χ0) is 25.2. The van der Waals surface area contributed by atoms with Crippen LogP contribution in [-0.2, 0) is 0 Å². The molecule has 0 radical (unpaired) electrons. The molecule has 0 aromatic heterocycles. The summed E-state index contributed by atoms with van der Waals surface area (Å²) in [4.78, 5) is 24.8. The van der Waals surface area contributed by atoms with Crippen LogP contribution in [0.5, 0.6) is 5.75 Å². The van der Waals surface area contributed by atoms with Crippen LogP contribution in [0.25, 0.3) is 0 Å². The minimum absolute atomic E-state index is 0.189. The Morgan fingerprint density at radius 1 is 0.722 bits per heavy atom. The van der Waals surface area contributed by atoms with Crippen LogP contribution in [0.15, 0.2) is 114 Å². The Morgan fingerprint density at radius 3 is 1.92 bits per heavy atom. The number of anilines is 2. The molecule has 0 saturated heterocycles. The van der Waals surface area contributed by atoms with E-state index in [1.807, 2.05) is 84.9 Å². The van der Waals surface area contributed by atoms with Crippen LogP contribution in [0.4, 0.5) is 16.2 Å². The number of ether oxygens (including phenoxy) is 1. The highest BCUT2D eigenvalue weighted by Crippen LogP contribution is 2.26. The van der Waals surface area contributed by atoms with Gasteiger partial charge in [-0.2, -0.15) is 0 Å². The fourth-order valence-corrected chi connectivity index (χ4v) is 3.82. The Labute approximate surface area is 218 Å². The predicted octanol–water partition coefficient (Wildman–Crippen LogP) is 7.03. The minimum atomic E-state index is -0.292. The summed E-state index contributed by atoms with van der Waals surface area (Å²) in [5.74, 6) is 0.443. The van der Waals surface area contributed by atoms with Crippen LogP contribution in [0.1, 0.15) is 28.4 Å². The molecule has 0 aliphatic carbocycles. The number of urea groups is 1. The van der Waals surface area contributed by atoms with Crippen molar-refractivity contribution in [1.82, 2.24) is 5.32 Å². The van der Waals surface area contributed by atoms with Crippen LogP contribution in [0.2, 0.25) is 0 Å². The van der Waals surface area contributed by atoms with Crippen LogP contribution in [0, 0.1) is 0 Å². The highest BCUT2D eigenvalue weighted by Gasteiger charge is 2.15. The van der Waals surface area contributed by atoms with Crippen molar-refractivity contribution in [3.63, 3.8) is 0 Å². The first-order valence-electron chi connectivity index (χ1n) is 11.6. The molecule has 1 unspecified atom stereocenters. The van der Waals surface area contributed by atoms with Crippen molar-refractivity contribution in [3.05, 3.63) is 125 Å². The second kappa shape index (κ2) is 12.6. The third-order valence-electron chi connectivity index (χ3n) is 5.39. The molecule has 36 heavy (non-hydrogen) atoms. The lowest BCUT2D eigenvalue weighted by atomic mass is 10.1. The number of hydrogen-bond acceptors (Lipinski definition) is 3. The van der Waals surface area contributed by atoms with Crippen molar-refractivity contribution < 1.29 is 14.3 Å². The van der Waals surface area contributed by atoms with E-state index in [-0.39, 0.29) is 18.0 Å². The van der Waals surface area contributed by atoms with Crippen molar-refractivity contribution >= 4 is 39.2 Å². The molecule has 4 aromatic rings. The van der Waals surface area contributed by atoms with Crippen molar-refractivity contribution in [2.24, 2.45) is 0 Å². The van der Waals surface area contributed by atoms with E-state index >= 15 is 0 Å². The largest absolute Gasteiger partial charge is 0.486 e. The fraction of sp³-hybridized carbons (Fsp3) is 0.103. The third-order valence-corrected chi connectivity index (χ3v) is 5.92. The highest BCUT2D eigenvalue weighted by atomic mass is 79.9. The van der Waals surface area contributed by atoms with Gasteiger partial charge in [-0.25, -0.2) is 4.79 Å². The van der Waals surface area contributed by atoms with Crippen LogP contribution in [-0.4, -0.2) is 18.5 Å². The van der Waals surface area contributed by atoms with Gasteiger partial charge in [0, 0.05) is 34.4 Å². The standard InChI is InChI=1S/C29H26BrN3O3/c30-23-15-11-21(12-16-23)27(19-20-31-29(35)33-25-9-5-2-6-10-25)36-26-17-13-22(14-18-26)28(34)32-24-7-3-1-4-8-24/h1-18,27H,19-20H2,(H,32,34)(H2,31,33,35). The van der Waals surface area contributed by atoms with Gasteiger partial charge in [0.25, 0.3) is 5.91 Å². The van der Waals surface area contributed by atoms with E-state index < -0.39 is 0 Å². The maximum atomic E-state index is 12.5. The van der Waals surface area contributed by atoms with Gasteiger partial charge in [0.15, 0.2) is 0 Å². The molecule has 4 rings (SSSR count). The summed E-state index contributed by atoms with van der Waals surface area (Å²) >= 11 is 3.47. The van der Waals surface area contributed by atoms with Gasteiger partial charge in [-0.15, -0.1) is 0 Å². The van der Waals surface area contributed by atoms with Gasteiger partial charge in [0.1, 0.15) is 11.9 Å². The van der Waals surface area contributed by atoms with E-state index in [0.29, 0.717) is 24.3 Å². The number of nitrogens with one attached hydrogen (secondary N) is 3. The molecule has 3 amide bonds. The molecule has 3 N–H and O–H groups in total. The van der Waals surface area contributed by atoms with Gasteiger partial charge in [0.05, 0.1) is 0 Å². The molecular weight excluding hydrogens is 518 g/mol. The smallest absolute Gasteiger partial charge is 0.319 e. The summed E-state index contributed by atoms with van der Waals surface area (Å²) in [6.07, 6.45) is 0.263. The summed E-state index contributed by atoms with van der Waals surface area (Å²) < 4.78 is 7.25. The lowest BCUT2D eigenvalue weighted by molar-refractivity contribution is 0.102. The first kappa shape index (κ1) is 25.0. The number of carbonyl (C=O) groups is 2. The Bertz CT molecular complexity index is 1260. The molecule has 0 fully saturated rings. The maximum Gasteiger partial charge on any atom is 0.319 e. The Kier molecular flexibility index (Phi) is 8.72. The number of para-hydroxylation sites is 2. The Balaban J connectivity index is 1.38. The van der Waals surface area contributed by atoms with E-state index in [9.17, 15) is 9.59 Å². The van der Waals surface area contributed by atoms with Crippen molar-refractivity contribution in [3.8, 4) is 5.75 Å². The maximum absolute atomic E-state index is 12.5. The number of halogens is 1. The first-order valence-corrected chi connectivity index (χ1v) is 12.3. The second-order valence-electron chi connectivity index (χ2n) is 8.04. The number of hydrogen-bond donors (Lipinski definition) is 3. The minimum Gasteiger partial charge on any atom is -0.486 e. The van der Waals surface area contributed by atoms with Crippen LogP contribution < -0.4 is 20.7 Å². The third kappa shape index (κ3) is 7.45. The SMILES string of the molecule is O=C(NCCC(Oc1ccc(C(=O)Nc2ccccc2)cc1)c1ccc(Br)cc1)Nc1ccccc1. The zero-order valence-electron chi connectivity index (χ0n) is 19.5. The molecule has 0 bridgehead atoms. The molecule has 6 nitrogen and oxygen atoms in total. The molecular formula is C29H26BrN3O3. The predicted molar refractivity (Wildman–Crippen MR) is 146 cm³/mol. The zero-order valence-corrected chi connectivity index (χ0v) is 21.1. The molecule has 0 saturated carbocycles. The number of amides is 3. The Morgan fingerprint density at radius 2 is 1.31 bits per heavy atom. The molecule has 4 aromatic carbocycles. The average molecular weight is 544 g/mol. The van der Waals surface area contributed by atoms with Crippen molar-refractivity contribution in [1.29, 1.82) is 0 Å². The second-order valence-corrected chi connectivity index (χ2v) is 8.95. The molecule has 0 aliphatic heterocycles. The van der Waals surface area contributed by atoms with Gasteiger partial charge in [-0.05, 0) is 66.2 Å². The highest BCUT2D eigenvalue weighted by molar-refractivity contribution is 9.10. The normalized spacial score (nSPS) is 11.2. The Hall–Kier alpha value is -4.10. The number of rotatable bonds is 9. The average Bonchev–Trinajstić information content (AvgIpc) is 2.90. The summed E-state index contributed by atoms with van der Waals surface area (Å²) in [6, 6.07) is 33.2. The van der Waals surface area contributed by atoms with Crippen molar-refractivity contribution in [2.75, 3.05) is 17.2 Å². The fourth-order valence-electron chi connectivity index (χ4n) is 3.56. The van der Waals surface area contributed by atoms with Gasteiger partial charge in [0.2, 0.25) is 0 Å². The quantitative estimate of drug-likeness (QED) is 0.212. The van der Waals surface area contributed by atoms with Gasteiger partial charge < -0.3 is 20.7 Å². The topological polar surface area (TPSA) is 79.5 Å². The monoisotopic (exact) mass is 543 g/mol. The summed E-state index contributed by atoms with van der Waals surface area (Å²) in [6.45, 7) is 0.414. The van der Waals surface area contributed by atoms with Gasteiger partial charge in [-0.1, -0.05) is 64.5 Å².